The van der Waals surface area contributed by atoms with Crippen LogP contribution in [0.4, 0.5) is 0 Å². The SMILES string of the molecule is COc1ccccc1-c1[c]c(Br)ncc1. The van der Waals surface area contributed by atoms with Crippen molar-refractivity contribution in [3.63, 3.8) is 0 Å². The van der Waals surface area contributed by atoms with Gasteiger partial charge in [0, 0.05) is 17.8 Å². The Morgan fingerprint density at radius 2 is 2.07 bits per heavy atom. The Bertz CT molecular complexity index is 471. The van der Waals surface area contributed by atoms with Gasteiger partial charge in [0.2, 0.25) is 0 Å². The Morgan fingerprint density at radius 3 is 2.80 bits per heavy atom. The van der Waals surface area contributed by atoms with Gasteiger partial charge in [0.25, 0.3) is 0 Å². The molecule has 15 heavy (non-hydrogen) atoms. The van der Waals surface area contributed by atoms with Crippen LogP contribution in [0.2, 0.25) is 0 Å². The predicted octanol–water partition coefficient (Wildman–Crippen LogP) is 3.32. The number of methoxy groups -OCH3 is 1. The third-order valence-corrected chi connectivity index (χ3v) is 2.47. The predicted molar refractivity (Wildman–Crippen MR) is 62.8 cm³/mol. The van der Waals surface area contributed by atoms with Gasteiger partial charge in [0.15, 0.2) is 0 Å². The van der Waals surface area contributed by atoms with Crippen molar-refractivity contribution in [2.75, 3.05) is 7.11 Å². The number of rotatable bonds is 2. The number of pyridine rings is 1. The molecule has 0 saturated carbocycles. The Balaban J connectivity index is 2.53. The van der Waals surface area contributed by atoms with Gasteiger partial charge in [-0.3, -0.25) is 0 Å². The minimum absolute atomic E-state index is 0.700. The summed E-state index contributed by atoms with van der Waals surface area (Å²) in [5.41, 5.74) is 1.98. The molecule has 0 aliphatic rings. The third kappa shape index (κ3) is 2.18. The van der Waals surface area contributed by atoms with Crippen LogP contribution in [0.3, 0.4) is 0 Å². The zero-order chi connectivity index (χ0) is 10.7. The lowest BCUT2D eigenvalue weighted by Crippen LogP contribution is -1.88. The van der Waals surface area contributed by atoms with Crippen molar-refractivity contribution in [3.8, 4) is 16.9 Å². The molecule has 3 heteroatoms. The molecule has 0 aliphatic heterocycles. The highest BCUT2D eigenvalue weighted by Gasteiger charge is 2.05. The molecule has 0 unspecified atom stereocenters. The summed E-state index contributed by atoms with van der Waals surface area (Å²) in [6.45, 7) is 0. The topological polar surface area (TPSA) is 22.1 Å². The van der Waals surface area contributed by atoms with Crippen LogP contribution < -0.4 is 4.74 Å². The van der Waals surface area contributed by atoms with Crippen LogP contribution in [0.1, 0.15) is 0 Å². The molecule has 0 atom stereocenters. The van der Waals surface area contributed by atoms with E-state index in [-0.39, 0.29) is 0 Å². The summed E-state index contributed by atoms with van der Waals surface area (Å²) in [5.74, 6) is 0.840. The number of para-hydroxylation sites is 1. The lowest BCUT2D eigenvalue weighted by Gasteiger charge is -2.07. The summed E-state index contributed by atoms with van der Waals surface area (Å²) in [6, 6.07) is 12.9. The van der Waals surface area contributed by atoms with Gasteiger partial charge in [-0.05, 0) is 33.6 Å². The van der Waals surface area contributed by atoms with Crippen molar-refractivity contribution in [2.45, 2.75) is 0 Å². The van der Waals surface area contributed by atoms with Gasteiger partial charge >= 0.3 is 0 Å². The average Bonchev–Trinajstić information content (AvgIpc) is 2.29. The van der Waals surface area contributed by atoms with Crippen LogP contribution in [-0.2, 0) is 0 Å². The van der Waals surface area contributed by atoms with Gasteiger partial charge in [0.05, 0.1) is 7.11 Å². The molecule has 0 aliphatic carbocycles. The maximum Gasteiger partial charge on any atom is 0.126 e. The Kier molecular flexibility index (Phi) is 3.02. The molecular formula is C12H9BrNO. The molecule has 1 radical (unpaired) electrons. The zero-order valence-corrected chi connectivity index (χ0v) is 9.78. The number of ether oxygens (including phenoxy) is 1. The molecule has 0 N–H and O–H groups in total. The first-order valence-electron chi connectivity index (χ1n) is 4.48. The largest absolute Gasteiger partial charge is 0.496 e. The monoisotopic (exact) mass is 262 g/mol. The van der Waals surface area contributed by atoms with E-state index >= 15 is 0 Å². The van der Waals surface area contributed by atoms with Gasteiger partial charge < -0.3 is 4.74 Å². The molecule has 1 heterocycles. The maximum atomic E-state index is 5.28. The molecular weight excluding hydrogens is 254 g/mol. The van der Waals surface area contributed by atoms with Gasteiger partial charge in [-0.15, -0.1) is 0 Å². The summed E-state index contributed by atoms with van der Waals surface area (Å²) < 4.78 is 5.98. The standard InChI is InChI=1S/C12H9BrNO/c1-15-11-5-3-2-4-10(11)9-6-7-14-12(13)8-9/h2-7H,1H3. The Morgan fingerprint density at radius 1 is 1.27 bits per heavy atom. The van der Waals surface area contributed by atoms with E-state index in [1.165, 1.54) is 0 Å². The van der Waals surface area contributed by atoms with E-state index in [0.717, 1.165) is 16.9 Å². The Labute approximate surface area is 97.1 Å². The van der Waals surface area contributed by atoms with Crippen LogP contribution in [0.15, 0.2) is 41.1 Å². The molecule has 0 fully saturated rings. The van der Waals surface area contributed by atoms with E-state index in [1.807, 2.05) is 30.3 Å². The minimum Gasteiger partial charge on any atom is -0.496 e. The lowest BCUT2D eigenvalue weighted by molar-refractivity contribution is 0.416. The van der Waals surface area contributed by atoms with E-state index in [2.05, 4.69) is 27.0 Å². The summed E-state index contributed by atoms with van der Waals surface area (Å²) in [4.78, 5) is 4.04. The van der Waals surface area contributed by atoms with Crippen molar-refractivity contribution < 1.29 is 4.74 Å². The van der Waals surface area contributed by atoms with E-state index in [0.29, 0.717) is 4.60 Å². The highest BCUT2D eigenvalue weighted by atomic mass is 79.9. The number of benzene rings is 1. The van der Waals surface area contributed by atoms with Crippen LogP contribution in [-0.4, -0.2) is 12.1 Å². The Hall–Kier alpha value is -1.35. The third-order valence-electron chi connectivity index (χ3n) is 2.06. The van der Waals surface area contributed by atoms with E-state index < -0.39 is 0 Å². The van der Waals surface area contributed by atoms with Gasteiger partial charge in [-0.25, -0.2) is 4.98 Å². The molecule has 1 aromatic carbocycles. The quantitative estimate of drug-likeness (QED) is 0.775. The molecule has 2 rings (SSSR count). The van der Waals surface area contributed by atoms with E-state index in [4.69, 9.17) is 4.74 Å². The molecule has 0 bridgehead atoms. The van der Waals surface area contributed by atoms with Crippen LogP contribution in [0.5, 0.6) is 5.75 Å². The van der Waals surface area contributed by atoms with Gasteiger partial charge in [-0.1, -0.05) is 18.2 Å². The minimum atomic E-state index is 0.700. The van der Waals surface area contributed by atoms with Crippen LogP contribution in [0.25, 0.3) is 11.1 Å². The number of hydrogen-bond acceptors (Lipinski definition) is 2. The van der Waals surface area contributed by atoms with Crippen molar-refractivity contribution in [1.29, 1.82) is 0 Å². The molecule has 0 spiro atoms. The second-order valence-electron chi connectivity index (χ2n) is 2.97. The normalized spacial score (nSPS) is 10.0. The average molecular weight is 263 g/mol. The van der Waals surface area contributed by atoms with Crippen LogP contribution in [0, 0.1) is 6.07 Å². The number of aromatic nitrogens is 1. The highest BCUT2D eigenvalue weighted by Crippen LogP contribution is 2.29. The second-order valence-corrected chi connectivity index (χ2v) is 3.73. The number of halogens is 1. The smallest absolute Gasteiger partial charge is 0.126 e. The molecule has 2 aromatic rings. The maximum absolute atomic E-state index is 5.28. The van der Waals surface area contributed by atoms with Crippen LogP contribution >= 0.6 is 15.9 Å². The van der Waals surface area contributed by atoms with Crippen molar-refractivity contribution in [2.24, 2.45) is 0 Å². The zero-order valence-electron chi connectivity index (χ0n) is 8.20. The summed E-state index contributed by atoms with van der Waals surface area (Å²) in [6.07, 6.45) is 1.74. The van der Waals surface area contributed by atoms with Gasteiger partial charge in [0.1, 0.15) is 10.4 Å². The fourth-order valence-corrected chi connectivity index (χ4v) is 1.72. The van der Waals surface area contributed by atoms with Crippen molar-refractivity contribution in [1.82, 2.24) is 4.98 Å². The lowest BCUT2D eigenvalue weighted by atomic mass is 10.1. The molecule has 0 amide bonds. The summed E-state index contributed by atoms with van der Waals surface area (Å²) in [5, 5.41) is 0. The fourth-order valence-electron chi connectivity index (χ4n) is 1.39. The highest BCUT2D eigenvalue weighted by molar-refractivity contribution is 9.10. The molecule has 1 aromatic heterocycles. The first-order chi connectivity index (χ1) is 7.31. The van der Waals surface area contributed by atoms with Crippen molar-refractivity contribution >= 4 is 15.9 Å². The number of hydrogen-bond donors (Lipinski definition) is 0. The first-order valence-corrected chi connectivity index (χ1v) is 5.28. The molecule has 2 nitrogen and oxygen atoms in total. The second kappa shape index (κ2) is 4.45. The van der Waals surface area contributed by atoms with E-state index in [1.54, 1.807) is 13.3 Å². The molecule has 75 valence electrons. The molecule has 0 saturated heterocycles. The van der Waals surface area contributed by atoms with Gasteiger partial charge in [-0.2, -0.15) is 0 Å². The van der Waals surface area contributed by atoms with E-state index in [9.17, 15) is 0 Å². The summed E-state index contributed by atoms with van der Waals surface area (Å²) in [7, 11) is 1.66. The van der Waals surface area contributed by atoms with Crippen molar-refractivity contribution in [3.05, 3.63) is 47.2 Å². The number of nitrogens with zero attached hydrogens (tertiary/aromatic N) is 1. The summed E-state index contributed by atoms with van der Waals surface area (Å²) >= 11 is 3.30. The fraction of sp³-hybridized carbons (Fsp3) is 0.0833. The first kappa shape index (κ1) is 10.2.